The average Bonchev–Trinajstić information content (AvgIpc) is 2.16. The maximum Gasteiger partial charge on any atom is 0.188 e. The molecule has 0 spiro atoms. The van der Waals surface area contributed by atoms with Crippen molar-refractivity contribution in [1.29, 1.82) is 0 Å². The van der Waals surface area contributed by atoms with E-state index in [1.165, 1.54) is 6.08 Å². The summed E-state index contributed by atoms with van der Waals surface area (Å²) in [4.78, 5) is 0. The molecule has 1 aromatic carbocycles. The maximum absolute atomic E-state index is 12.4. The SMILES string of the molecule is COCOc1ccc(/C=C(/F)Br)cc1. The zero-order valence-corrected chi connectivity index (χ0v) is 9.25. The molecule has 0 N–H and O–H groups in total. The van der Waals surface area contributed by atoms with E-state index in [0.29, 0.717) is 5.75 Å². The van der Waals surface area contributed by atoms with E-state index in [2.05, 4.69) is 15.9 Å². The minimum Gasteiger partial charge on any atom is -0.468 e. The summed E-state index contributed by atoms with van der Waals surface area (Å²) in [6.07, 6.45) is 1.38. The molecule has 0 aliphatic rings. The summed E-state index contributed by atoms with van der Waals surface area (Å²) < 4.78 is 21.9. The molecule has 1 rings (SSSR count). The first-order valence-electron chi connectivity index (χ1n) is 3.97. The van der Waals surface area contributed by atoms with Gasteiger partial charge in [0.25, 0.3) is 0 Å². The van der Waals surface area contributed by atoms with Crippen molar-refractivity contribution >= 4 is 22.0 Å². The third-order valence-electron chi connectivity index (χ3n) is 1.50. The van der Waals surface area contributed by atoms with Gasteiger partial charge in [-0.2, -0.15) is 4.39 Å². The predicted molar refractivity (Wildman–Crippen MR) is 57.0 cm³/mol. The topological polar surface area (TPSA) is 18.5 Å². The van der Waals surface area contributed by atoms with E-state index in [4.69, 9.17) is 9.47 Å². The van der Waals surface area contributed by atoms with Gasteiger partial charge in [0.2, 0.25) is 0 Å². The van der Waals surface area contributed by atoms with Gasteiger partial charge in [-0.05, 0) is 39.7 Å². The first-order valence-corrected chi connectivity index (χ1v) is 4.76. The number of ether oxygens (including phenoxy) is 2. The number of hydrogen-bond acceptors (Lipinski definition) is 2. The zero-order valence-electron chi connectivity index (χ0n) is 7.67. The monoisotopic (exact) mass is 260 g/mol. The highest BCUT2D eigenvalue weighted by atomic mass is 79.9. The lowest BCUT2D eigenvalue weighted by Gasteiger charge is -2.03. The Morgan fingerprint density at radius 3 is 2.57 bits per heavy atom. The largest absolute Gasteiger partial charge is 0.468 e. The molecule has 0 fully saturated rings. The molecule has 0 heterocycles. The van der Waals surface area contributed by atoms with Crippen LogP contribution in [0.4, 0.5) is 4.39 Å². The summed E-state index contributed by atoms with van der Waals surface area (Å²) in [5, 5.41) is 0. The van der Waals surface area contributed by atoms with Crippen LogP contribution in [0.1, 0.15) is 5.56 Å². The molecule has 2 nitrogen and oxygen atoms in total. The van der Waals surface area contributed by atoms with Crippen LogP contribution in [0.3, 0.4) is 0 Å². The summed E-state index contributed by atoms with van der Waals surface area (Å²) in [5.41, 5.74) is 0.768. The summed E-state index contributed by atoms with van der Waals surface area (Å²) in [7, 11) is 1.55. The number of halogens is 2. The van der Waals surface area contributed by atoms with E-state index in [9.17, 15) is 4.39 Å². The number of benzene rings is 1. The summed E-state index contributed by atoms with van der Waals surface area (Å²) in [6.45, 7) is 0.210. The van der Waals surface area contributed by atoms with Crippen LogP contribution in [0.15, 0.2) is 29.0 Å². The van der Waals surface area contributed by atoms with Gasteiger partial charge in [-0.25, -0.2) is 0 Å². The number of rotatable bonds is 4. The molecule has 0 unspecified atom stereocenters. The predicted octanol–water partition coefficient (Wildman–Crippen LogP) is 3.33. The van der Waals surface area contributed by atoms with Crippen molar-refractivity contribution in [1.82, 2.24) is 0 Å². The van der Waals surface area contributed by atoms with E-state index in [-0.39, 0.29) is 6.79 Å². The van der Waals surface area contributed by atoms with E-state index in [1.54, 1.807) is 31.4 Å². The molecule has 0 aliphatic carbocycles. The maximum atomic E-state index is 12.4. The van der Waals surface area contributed by atoms with Gasteiger partial charge in [0.1, 0.15) is 5.75 Å². The summed E-state index contributed by atoms with van der Waals surface area (Å²) >= 11 is 2.71. The second-order valence-corrected chi connectivity index (χ2v) is 3.31. The molecule has 4 heteroatoms. The van der Waals surface area contributed by atoms with Crippen LogP contribution in [-0.4, -0.2) is 13.9 Å². The van der Waals surface area contributed by atoms with Crippen molar-refractivity contribution in [2.75, 3.05) is 13.9 Å². The van der Waals surface area contributed by atoms with Crippen molar-refractivity contribution in [2.24, 2.45) is 0 Å². The lowest BCUT2D eigenvalue weighted by molar-refractivity contribution is 0.0511. The third kappa shape index (κ3) is 3.89. The van der Waals surface area contributed by atoms with Gasteiger partial charge in [-0.1, -0.05) is 12.1 Å². The number of methoxy groups -OCH3 is 1. The molecule has 0 aromatic heterocycles. The normalized spacial score (nSPS) is 11.5. The fourth-order valence-corrected chi connectivity index (χ4v) is 1.18. The summed E-state index contributed by atoms with van der Waals surface area (Å²) in [6, 6.07) is 7.01. The minimum atomic E-state index is -0.400. The standard InChI is InChI=1S/C10H10BrFO2/c1-13-7-14-9-4-2-8(3-5-9)6-10(11)12/h2-6H,7H2,1H3/b10-6+. The lowest BCUT2D eigenvalue weighted by Crippen LogP contribution is -1.98. The van der Waals surface area contributed by atoms with Crippen molar-refractivity contribution in [2.45, 2.75) is 0 Å². The van der Waals surface area contributed by atoms with Crippen molar-refractivity contribution < 1.29 is 13.9 Å². The molecule has 0 bridgehead atoms. The van der Waals surface area contributed by atoms with Crippen molar-refractivity contribution in [3.63, 3.8) is 0 Å². The minimum absolute atomic E-state index is 0.210. The van der Waals surface area contributed by atoms with Crippen LogP contribution in [0, 0.1) is 0 Å². The van der Waals surface area contributed by atoms with Crippen molar-refractivity contribution in [3.8, 4) is 5.75 Å². The second-order valence-electron chi connectivity index (χ2n) is 2.55. The molecule has 0 radical (unpaired) electrons. The van der Waals surface area contributed by atoms with E-state index in [1.807, 2.05) is 0 Å². The molecule has 0 saturated heterocycles. The van der Waals surface area contributed by atoms with Crippen molar-refractivity contribution in [3.05, 3.63) is 34.6 Å². The fourth-order valence-electron chi connectivity index (χ4n) is 0.913. The molecule has 0 atom stereocenters. The van der Waals surface area contributed by atoms with Crippen LogP contribution in [0.2, 0.25) is 0 Å². The van der Waals surface area contributed by atoms with Gasteiger partial charge in [-0.15, -0.1) is 0 Å². The van der Waals surface area contributed by atoms with Gasteiger partial charge < -0.3 is 9.47 Å². The number of hydrogen-bond donors (Lipinski definition) is 0. The Morgan fingerprint density at radius 2 is 2.07 bits per heavy atom. The van der Waals surface area contributed by atoms with Gasteiger partial charge in [-0.3, -0.25) is 0 Å². The Kier molecular flexibility index (Phi) is 4.62. The van der Waals surface area contributed by atoms with Gasteiger partial charge in [0.05, 0.1) is 0 Å². The lowest BCUT2D eigenvalue weighted by atomic mass is 10.2. The zero-order chi connectivity index (χ0) is 10.4. The average molecular weight is 261 g/mol. The Balaban J connectivity index is 2.64. The molecule has 0 amide bonds. The molecular formula is C10H10BrFO2. The highest BCUT2D eigenvalue weighted by Gasteiger charge is 1.94. The van der Waals surface area contributed by atoms with E-state index < -0.39 is 4.74 Å². The quantitative estimate of drug-likeness (QED) is 0.774. The van der Waals surface area contributed by atoms with Crippen LogP contribution in [0.5, 0.6) is 5.75 Å². The Morgan fingerprint density at radius 1 is 1.43 bits per heavy atom. The van der Waals surface area contributed by atoms with Crippen LogP contribution in [-0.2, 0) is 4.74 Å². The Labute approximate surface area is 90.5 Å². The van der Waals surface area contributed by atoms with Gasteiger partial charge in [0.15, 0.2) is 11.5 Å². The molecule has 0 saturated carbocycles. The summed E-state index contributed by atoms with van der Waals surface area (Å²) in [5.74, 6) is 0.694. The Bertz CT molecular complexity index is 304. The third-order valence-corrected chi connectivity index (χ3v) is 1.73. The van der Waals surface area contributed by atoms with Gasteiger partial charge in [0, 0.05) is 7.11 Å². The molecular weight excluding hydrogens is 251 g/mol. The first-order chi connectivity index (χ1) is 6.72. The smallest absolute Gasteiger partial charge is 0.188 e. The molecule has 14 heavy (non-hydrogen) atoms. The van der Waals surface area contributed by atoms with E-state index in [0.717, 1.165) is 5.56 Å². The first kappa shape index (κ1) is 11.2. The highest BCUT2D eigenvalue weighted by molar-refractivity contribution is 9.11. The van der Waals surface area contributed by atoms with E-state index >= 15 is 0 Å². The van der Waals surface area contributed by atoms with Crippen LogP contribution < -0.4 is 4.74 Å². The highest BCUT2D eigenvalue weighted by Crippen LogP contribution is 2.16. The molecule has 0 aliphatic heterocycles. The fraction of sp³-hybridized carbons (Fsp3) is 0.200. The van der Waals surface area contributed by atoms with Gasteiger partial charge >= 0.3 is 0 Å². The molecule has 76 valence electrons. The molecule has 1 aromatic rings. The van der Waals surface area contributed by atoms with Crippen LogP contribution >= 0.6 is 15.9 Å². The van der Waals surface area contributed by atoms with Crippen LogP contribution in [0.25, 0.3) is 6.08 Å². The second kappa shape index (κ2) is 5.78. The Hall–Kier alpha value is -0.870.